The van der Waals surface area contributed by atoms with Gasteiger partial charge in [0.2, 0.25) is 0 Å². The quantitative estimate of drug-likeness (QED) is 0.559. The summed E-state index contributed by atoms with van der Waals surface area (Å²) in [6.45, 7) is 4.44. The molecule has 34 heavy (non-hydrogen) atoms. The summed E-state index contributed by atoms with van der Waals surface area (Å²) in [4.78, 5) is 39.5. The second kappa shape index (κ2) is 10.4. The molecule has 6 nitrogen and oxygen atoms in total. The van der Waals surface area contributed by atoms with Gasteiger partial charge in [0, 0.05) is 18.9 Å². The predicted octanol–water partition coefficient (Wildman–Crippen LogP) is 5.50. The van der Waals surface area contributed by atoms with Gasteiger partial charge in [-0.15, -0.1) is 0 Å². The highest BCUT2D eigenvalue weighted by atomic mass is 16.6. The first kappa shape index (κ1) is 24.0. The van der Waals surface area contributed by atoms with Crippen LogP contribution in [0, 0.1) is 11.8 Å². The standard InChI is InChI=1S/C28H33NO5/c1-3-18(2)23(27(31)32)16-26(30)25-14-8-9-15-29(25)28(33)34-17-24-21-12-6-4-10-19(21)20-11-5-7-13-22(20)24/h4-7,10-13,18,23-25H,3,8-9,14-17H2,1-2H3,(H,31,32)/t18-,23-,25+/m0/s1. The van der Waals surface area contributed by atoms with E-state index in [9.17, 15) is 19.5 Å². The normalized spacial score (nSPS) is 19.1. The number of aliphatic carboxylic acids is 1. The number of carbonyl (C=O) groups excluding carboxylic acids is 2. The molecule has 3 atom stereocenters. The van der Waals surface area contributed by atoms with Gasteiger partial charge in [0.1, 0.15) is 6.61 Å². The molecule has 0 saturated carbocycles. The molecule has 0 unspecified atom stereocenters. The molecule has 0 bridgehead atoms. The van der Waals surface area contributed by atoms with Gasteiger partial charge >= 0.3 is 12.1 Å². The molecule has 4 rings (SSSR count). The lowest BCUT2D eigenvalue weighted by molar-refractivity contribution is -0.146. The number of carboxylic acid groups (broad SMARTS) is 1. The van der Waals surface area contributed by atoms with E-state index in [0.29, 0.717) is 19.4 Å². The van der Waals surface area contributed by atoms with Crippen LogP contribution in [0.5, 0.6) is 0 Å². The third kappa shape index (κ3) is 4.72. The van der Waals surface area contributed by atoms with E-state index >= 15 is 0 Å². The Morgan fingerprint density at radius 1 is 1.03 bits per heavy atom. The number of carboxylic acids is 1. The molecular weight excluding hydrogens is 430 g/mol. The summed E-state index contributed by atoms with van der Waals surface area (Å²) < 4.78 is 5.80. The number of benzene rings is 2. The van der Waals surface area contributed by atoms with Gasteiger partial charge in [-0.3, -0.25) is 14.5 Å². The van der Waals surface area contributed by atoms with Gasteiger partial charge in [-0.2, -0.15) is 0 Å². The van der Waals surface area contributed by atoms with Crippen molar-refractivity contribution in [2.24, 2.45) is 11.8 Å². The number of hydrogen-bond donors (Lipinski definition) is 1. The van der Waals surface area contributed by atoms with E-state index in [2.05, 4.69) is 24.3 Å². The highest BCUT2D eigenvalue weighted by Gasteiger charge is 2.37. The molecule has 1 aliphatic heterocycles. The molecule has 1 N–H and O–H groups in total. The fourth-order valence-electron chi connectivity index (χ4n) is 5.33. The lowest BCUT2D eigenvalue weighted by Gasteiger charge is -2.35. The summed E-state index contributed by atoms with van der Waals surface area (Å²) in [6.07, 6.45) is 2.34. The van der Waals surface area contributed by atoms with Gasteiger partial charge in [0.15, 0.2) is 5.78 Å². The van der Waals surface area contributed by atoms with E-state index < -0.39 is 24.0 Å². The number of carbonyl (C=O) groups is 3. The second-order valence-electron chi connectivity index (χ2n) is 9.51. The van der Waals surface area contributed by atoms with Crippen LogP contribution in [0.1, 0.15) is 63.0 Å². The van der Waals surface area contributed by atoms with Gasteiger partial charge in [0.25, 0.3) is 0 Å². The molecule has 1 aliphatic carbocycles. The minimum Gasteiger partial charge on any atom is -0.481 e. The minimum atomic E-state index is -0.953. The number of Topliss-reactive ketones (excluding diaryl/α,β-unsaturated/α-hetero) is 1. The highest BCUT2D eigenvalue weighted by molar-refractivity contribution is 5.90. The Morgan fingerprint density at radius 3 is 2.24 bits per heavy atom. The third-order valence-electron chi connectivity index (χ3n) is 7.51. The number of ketones is 1. The summed E-state index contributed by atoms with van der Waals surface area (Å²) in [5, 5.41) is 9.61. The van der Waals surface area contributed by atoms with Crippen molar-refractivity contribution in [1.29, 1.82) is 0 Å². The van der Waals surface area contributed by atoms with Crippen LogP contribution in [-0.4, -0.2) is 47.0 Å². The Morgan fingerprint density at radius 2 is 1.65 bits per heavy atom. The van der Waals surface area contributed by atoms with E-state index in [1.54, 1.807) is 0 Å². The molecule has 1 amide bonds. The molecule has 0 radical (unpaired) electrons. The fraction of sp³-hybridized carbons (Fsp3) is 0.464. The Balaban J connectivity index is 1.46. The predicted molar refractivity (Wildman–Crippen MR) is 130 cm³/mol. The Bertz CT molecular complexity index is 1020. The van der Waals surface area contributed by atoms with Crippen molar-refractivity contribution in [3.8, 4) is 11.1 Å². The molecule has 2 aromatic carbocycles. The van der Waals surface area contributed by atoms with Gasteiger partial charge in [-0.1, -0.05) is 68.8 Å². The maximum absolute atomic E-state index is 13.1. The van der Waals surface area contributed by atoms with Gasteiger partial charge in [-0.25, -0.2) is 4.79 Å². The van der Waals surface area contributed by atoms with Crippen LogP contribution in [0.25, 0.3) is 11.1 Å². The zero-order chi connectivity index (χ0) is 24.2. The largest absolute Gasteiger partial charge is 0.481 e. The average Bonchev–Trinajstić information content (AvgIpc) is 3.18. The van der Waals surface area contributed by atoms with Gasteiger partial charge in [-0.05, 0) is 47.4 Å². The molecule has 1 fully saturated rings. The van der Waals surface area contributed by atoms with E-state index in [1.165, 1.54) is 4.90 Å². The summed E-state index contributed by atoms with van der Waals surface area (Å²) in [5.41, 5.74) is 4.60. The van der Waals surface area contributed by atoms with E-state index in [4.69, 9.17) is 4.74 Å². The molecule has 0 aromatic heterocycles. The van der Waals surface area contributed by atoms with E-state index in [0.717, 1.165) is 35.1 Å². The summed E-state index contributed by atoms with van der Waals surface area (Å²) in [5.74, 6) is -2.01. The highest BCUT2D eigenvalue weighted by Crippen LogP contribution is 2.44. The summed E-state index contributed by atoms with van der Waals surface area (Å²) in [6, 6.07) is 15.7. The Hall–Kier alpha value is -3.15. The van der Waals surface area contributed by atoms with Crippen molar-refractivity contribution >= 4 is 17.8 Å². The van der Waals surface area contributed by atoms with Crippen molar-refractivity contribution in [3.63, 3.8) is 0 Å². The smallest absolute Gasteiger partial charge is 0.410 e. The number of nitrogens with zero attached hydrogens (tertiary/aromatic N) is 1. The van der Waals surface area contributed by atoms with Crippen molar-refractivity contribution in [3.05, 3.63) is 59.7 Å². The minimum absolute atomic E-state index is 0.0444. The number of ether oxygens (including phenoxy) is 1. The lowest BCUT2D eigenvalue weighted by Crippen LogP contribution is -2.49. The number of rotatable bonds is 8. The third-order valence-corrected chi connectivity index (χ3v) is 7.51. The van der Waals surface area contributed by atoms with E-state index in [-0.39, 0.29) is 30.6 Å². The SMILES string of the molecule is CC[C@H](C)[C@H](CC(=O)[C@H]1CCCCN1C(=O)OCC1c2ccccc2-c2ccccc21)C(=O)O. The molecule has 180 valence electrons. The monoisotopic (exact) mass is 463 g/mol. The van der Waals surface area contributed by atoms with E-state index in [1.807, 2.05) is 38.1 Å². The van der Waals surface area contributed by atoms with Crippen LogP contribution >= 0.6 is 0 Å². The van der Waals surface area contributed by atoms with Crippen LogP contribution in [0.2, 0.25) is 0 Å². The Kier molecular flexibility index (Phi) is 7.35. The number of amides is 1. The molecule has 0 spiro atoms. The van der Waals surface area contributed by atoms with Gasteiger partial charge in [0.05, 0.1) is 12.0 Å². The maximum atomic E-state index is 13.1. The number of likely N-dealkylation sites (tertiary alicyclic amines) is 1. The molecule has 2 aromatic rings. The first-order valence-electron chi connectivity index (χ1n) is 12.3. The van der Waals surface area contributed by atoms with Crippen molar-refractivity contribution in [2.45, 2.75) is 57.9 Å². The van der Waals surface area contributed by atoms with Crippen LogP contribution in [0.4, 0.5) is 4.79 Å². The fourth-order valence-corrected chi connectivity index (χ4v) is 5.33. The zero-order valence-corrected chi connectivity index (χ0v) is 19.9. The first-order chi connectivity index (χ1) is 16.4. The van der Waals surface area contributed by atoms with Crippen LogP contribution in [-0.2, 0) is 14.3 Å². The number of hydrogen-bond acceptors (Lipinski definition) is 4. The van der Waals surface area contributed by atoms with Crippen LogP contribution in [0.15, 0.2) is 48.5 Å². The van der Waals surface area contributed by atoms with Crippen molar-refractivity contribution < 1.29 is 24.2 Å². The van der Waals surface area contributed by atoms with Crippen molar-refractivity contribution in [1.82, 2.24) is 4.90 Å². The second-order valence-corrected chi connectivity index (χ2v) is 9.51. The first-order valence-corrected chi connectivity index (χ1v) is 12.3. The van der Waals surface area contributed by atoms with Crippen LogP contribution in [0.3, 0.4) is 0 Å². The topological polar surface area (TPSA) is 83.9 Å². The molecule has 6 heteroatoms. The van der Waals surface area contributed by atoms with Gasteiger partial charge < -0.3 is 9.84 Å². The summed E-state index contributed by atoms with van der Waals surface area (Å²) >= 11 is 0. The number of piperidine rings is 1. The maximum Gasteiger partial charge on any atom is 0.410 e. The number of fused-ring (bicyclic) bond motifs is 3. The molecule has 2 aliphatic rings. The van der Waals surface area contributed by atoms with Crippen molar-refractivity contribution in [2.75, 3.05) is 13.2 Å². The average molecular weight is 464 g/mol. The van der Waals surface area contributed by atoms with Crippen LogP contribution < -0.4 is 0 Å². The summed E-state index contributed by atoms with van der Waals surface area (Å²) in [7, 11) is 0. The molecular formula is C28H33NO5. The zero-order valence-electron chi connectivity index (χ0n) is 19.9. The molecule has 1 saturated heterocycles. The lowest BCUT2D eigenvalue weighted by atomic mass is 9.84. The molecule has 1 heterocycles. The Labute approximate surface area is 200 Å².